The van der Waals surface area contributed by atoms with Gasteiger partial charge in [0.25, 0.3) is 0 Å². The molecule has 4 rings (SSSR count). The van der Waals surface area contributed by atoms with Crippen LogP contribution in [0.2, 0.25) is 0 Å². The molecule has 0 aliphatic rings. The number of benzene rings is 4. The minimum Gasteiger partial charge on any atom is -1.00 e. The molecule has 0 heterocycles. The molecule has 0 saturated heterocycles. The van der Waals surface area contributed by atoms with E-state index in [0.29, 0.717) is 4.63 Å². The molecule has 0 aromatic heterocycles. The van der Waals surface area contributed by atoms with Crippen LogP contribution < -0.4 is 46.0 Å². The molecule has 1 unspecified atom stereocenters. The van der Waals surface area contributed by atoms with Gasteiger partial charge < -0.3 is 24.8 Å². The van der Waals surface area contributed by atoms with E-state index < -0.39 is 0 Å². The molecule has 0 N–H and O–H groups in total. The van der Waals surface area contributed by atoms with Gasteiger partial charge in [-0.2, -0.15) is 0 Å². The molecule has 4 aromatic carbocycles. The molecular formula is C30H33Cl2NiP2. The zero-order valence-corrected chi connectivity index (χ0v) is 24.5. The minimum absolute atomic E-state index is 0. The van der Waals surface area contributed by atoms with Crippen molar-refractivity contribution < 1.29 is 40.3 Å². The number of halogens is 2. The summed E-state index contributed by atoms with van der Waals surface area (Å²) in [4.78, 5) is 0. The summed E-state index contributed by atoms with van der Waals surface area (Å²) < 4.78 is 0.356. The van der Waals surface area contributed by atoms with E-state index >= 15 is 0 Å². The van der Waals surface area contributed by atoms with E-state index in [9.17, 15) is 0 Å². The molecule has 0 bridgehead atoms. The average molecular weight is 585 g/mol. The third kappa shape index (κ3) is 10.0. The van der Waals surface area contributed by atoms with Crippen LogP contribution in [0.5, 0.6) is 0 Å². The van der Waals surface area contributed by atoms with Gasteiger partial charge in [-0.15, -0.1) is 0 Å². The second-order valence-corrected chi connectivity index (χ2v) is 13.5. The maximum Gasteiger partial charge on any atom is -1.00 e. The maximum atomic E-state index is 5.32. The predicted molar refractivity (Wildman–Crippen MR) is 147 cm³/mol. The monoisotopic (exact) mass is 583 g/mol. The maximum absolute atomic E-state index is 5.32. The molecule has 0 fully saturated rings. The van der Waals surface area contributed by atoms with Crippen molar-refractivity contribution in [2.45, 2.75) is 31.3 Å². The van der Waals surface area contributed by atoms with Crippen molar-refractivity contribution >= 4 is 37.1 Å². The molecule has 0 spiro atoms. The molecule has 0 aliphatic heterocycles. The molecule has 0 amide bonds. The fourth-order valence-corrected chi connectivity index (χ4v) is 9.13. The number of rotatable bonds is 8. The van der Waals surface area contributed by atoms with E-state index in [0.717, 1.165) is 6.42 Å². The Balaban J connectivity index is 0.000000332. The van der Waals surface area contributed by atoms with Crippen molar-refractivity contribution in [3.8, 4) is 0 Å². The van der Waals surface area contributed by atoms with Crippen LogP contribution in [0.3, 0.4) is 0 Å². The van der Waals surface area contributed by atoms with E-state index in [4.69, 9.17) is 15.5 Å². The molecule has 0 nitrogen and oxygen atoms in total. The van der Waals surface area contributed by atoms with E-state index in [1.807, 2.05) is 0 Å². The van der Waals surface area contributed by atoms with Crippen LogP contribution in [-0.2, 0) is 15.5 Å². The van der Waals surface area contributed by atoms with Gasteiger partial charge >= 0.3 is 113 Å². The van der Waals surface area contributed by atoms with Gasteiger partial charge in [-0.3, -0.25) is 0 Å². The van der Waals surface area contributed by atoms with Crippen molar-refractivity contribution in [1.82, 2.24) is 0 Å². The zero-order chi connectivity index (χ0) is 23.3. The molecule has 35 heavy (non-hydrogen) atoms. The summed E-state index contributed by atoms with van der Waals surface area (Å²) in [6.07, 6.45) is 3.59. The van der Waals surface area contributed by atoms with Crippen LogP contribution in [0, 0.1) is 0 Å². The van der Waals surface area contributed by atoms with Gasteiger partial charge in [0.15, 0.2) is 0 Å². The Morgan fingerprint density at radius 3 is 1.14 bits per heavy atom. The van der Waals surface area contributed by atoms with Crippen molar-refractivity contribution in [2.75, 3.05) is 6.16 Å². The number of hydrogen-bond donors (Lipinski definition) is 0. The Morgan fingerprint density at radius 2 is 0.857 bits per heavy atom. The normalized spacial score (nSPS) is 11.0. The van der Waals surface area contributed by atoms with Gasteiger partial charge in [-0.25, -0.2) is 0 Å². The number of hydrogen-bond acceptors (Lipinski definition) is 0. The Morgan fingerprint density at radius 1 is 0.543 bits per heavy atom. The molecular weight excluding hydrogens is 552 g/mol. The second kappa shape index (κ2) is 18.1. The van der Waals surface area contributed by atoms with Gasteiger partial charge in [-0.1, -0.05) is 74.0 Å². The predicted octanol–water partition coefficient (Wildman–Crippen LogP) is 0.940. The molecule has 0 aliphatic carbocycles. The summed E-state index contributed by atoms with van der Waals surface area (Å²) in [5, 5.41) is 5.77. The van der Waals surface area contributed by atoms with Crippen molar-refractivity contribution in [2.24, 2.45) is 0 Å². The van der Waals surface area contributed by atoms with Gasteiger partial charge in [0.05, 0.1) is 0 Å². The summed E-state index contributed by atoms with van der Waals surface area (Å²) >= 11 is 5.32. The quantitative estimate of drug-likeness (QED) is 0.214. The van der Waals surface area contributed by atoms with E-state index in [1.54, 1.807) is 0 Å². The Bertz CT molecular complexity index is 956. The fraction of sp³-hybridized carbons (Fsp3) is 0.200. The molecule has 0 radical (unpaired) electrons. The first-order valence-corrected chi connectivity index (χ1v) is 15.1. The third-order valence-electron chi connectivity index (χ3n) is 5.23. The topological polar surface area (TPSA) is 0 Å². The molecule has 5 heteroatoms. The first-order valence-electron chi connectivity index (χ1n) is 11.6. The first kappa shape index (κ1) is 31.8. The summed E-state index contributed by atoms with van der Waals surface area (Å²) in [5.41, 5.74) is 0. The van der Waals surface area contributed by atoms with E-state index in [2.05, 4.69) is 135 Å². The van der Waals surface area contributed by atoms with Crippen molar-refractivity contribution in [3.63, 3.8) is 0 Å². The SMILES string of the molecule is CCCP(c1ccccc1)c1ccccc1.CC[CH]([Ni+2])P(c1ccccc1)c1ccccc1.[Cl-].[Cl-]. The van der Waals surface area contributed by atoms with Crippen LogP contribution >= 0.6 is 15.8 Å². The minimum atomic E-state index is -0.379. The summed E-state index contributed by atoms with van der Waals surface area (Å²) in [6, 6.07) is 43.2. The van der Waals surface area contributed by atoms with Crippen LogP contribution in [0.25, 0.3) is 0 Å². The van der Waals surface area contributed by atoms with Crippen LogP contribution in [-0.4, -0.2) is 10.8 Å². The van der Waals surface area contributed by atoms with E-state index in [1.165, 1.54) is 33.8 Å². The van der Waals surface area contributed by atoms with Crippen LogP contribution in [0.4, 0.5) is 0 Å². The first-order chi connectivity index (χ1) is 16.2. The molecule has 187 valence electrons. The van der Waals surface area contributed by atoms with Crippen LogP contribution in [0.15, 0.2) is 121 Å². The van der Waals surface area contributed by atoms with Gasteiger partial charge in [0.2, 0.25) is 0 Å². The Kier molecular flexibility index (Phi) is 16.5. The Hall–Kier alpha value is -1.19. The second-order valence-electron chi connectivity index (χ2n) is 7.67. The van der Waals surface area contributed by atoms with Gasteiger partial charge in [0.1, 0.15) is 0 Å². The summed E-state index contributed by atoms with van der Waals surface area (Å²) in [6.45, 7) is 4.45. The summed E-state index contributed by atoms with van der Waals surface area (Å²) in [5.74, 6) is 0. The largest absolute Gasteiger partial charge is 1.00 e. The smallest absolute Gasteiger partial charge is 1.00 e. The fourth-order valence-electron chi connectivity index (χ4n) is 3.66. The van der Waals surface area contributed by atoms with E-state index in [-0.39, 0.29) is 40.7 Å². The zero-order valence-electron chi connectivity index (χ0n) is 20.2. The Labute approximate surface area is 235 Å². The average Bonchev–Trinajstić information content (AvgIpc) is 2.90. The van der Waals surface area contributed by atoms with Crippen molar-refractivity contribution in [3.05, 3.63) is 121 Å². The van der Waals surface area contributed by atoms with Crippen LogP contribution in [0.1, 0.15) is 26.7 Å². The third-order valence-corrected chi connectivity index (χ3v) is 11.7. The summed E-state index contributed by atoms with van der Waals surface area (Å²) in [7, 11) is -0.530. The molecule has 1 atom stereocenters. The van der Waals surface area contributed by atoms with Gasteiger partial charge in [-0.05, 0) is 24.7 Å². The molecule has 0 saturated carbocycles. The van der Waals surface area contributed by atoms with Crippen molar-refractivity contribution in [1.29, 1.82) is 0 Å². The standard InChI is InChI=1S/C15H17P.C15H16P.2ClH.Ni/c2*1-2-13-16(14-9-5-3-6-10-14)15-11-7-4-8-12-15;;;/h3-12H,2,13H2,1H3;3-13H,2H2,1H3;2*1H;/q;;;;+2/p-2. The van der Waals surface area contributed by atoms with Gasteiger partial charge in [0, 0.05) is 0 Å². The molecule has 4 aromatic rings.